The van der Waals surface area contributed by atoms with Gasteiger partial charge in [-0.1, -0.05) is 61.2 Å². The molecule has 3 N–H and O–H groups in total. The van der Waals surface area contributed by atoms with Crippen LogP contribution in [0.15, 0.2) is 59.8 Å². The summed E-state index contributed by atoms with van der Waals surface area (Å²) in [6.07, 6.45) is 0. The first-order valence-electron chi connectivity index (χ1n) is 6.66. The fraction of sp³-hybridized carbons (Fsp3) is 0.188. The molecule has 20 heavy (non-hydrogen) atoms. The molecule has 1 aromatic heterocycles. The second kappa shape index (κ2) is 5.69. The largest absolute Gasteiger partial charge is 0.333 e. The zero-order valence-electron chi connectivity index (χ0n) is 11.3. The highest BCUT2D eigenvalue weighted by molar-refractivity contribution is 7.99. The molecule has 1 heterocycles. The van der Waals surface area contributed by atoms with Gasteiger partial charge in [0.15, 0.2) is 5.16 Å². The average Bonchev–Trinajstić information content (AvgIpc) is 2.89. The molecule has 3 aromatic rings. The number of benzene rings is 2. The summed E-state index contributed by atoms with van der Waals surface area (Å²) >= 11 is 1.68. The quantitative estimate of drug-likeness (QED) is 0.717. The Morgan fingerprint density at radius 1 is 1.05 bits per heavy atom. The predicted molar refractivity (Wildman–Crippen MR) is 84.8 cm³/mol. The summed E-state index contributed by atoms with van der Waals surface area (Å²) in [5.74, 6) is 0. The van der Waals surface area contributed by atoms with E-state index in [4.69, 9.17) is 5.73 Å². The van der Waals surface area contributed by atoms with Gasteiger partial charge in [-0.3, -0.25) is 0 Å². The third kappa shape index (κ3) is 2.71. The Balaban J connectivity index is 1.76. The van der Waals surface area contributed by atoms with Crippen molar-refractivity contribution in [3.63, 3.8) is 0 Å². The van der Waals surface area contributed by atoms with Gasteiger partial charge in [0.2, 0.25) is 0 Å². The van der Waals surface area contributed by atoms with E-state index in [2.05, 4.69) is 29.0 Å². The number of H-pyrrole nitrogens is 1. The molecule has 2 aromatic carbocycles. The smallest absolute Gasteiger partial charge is 0.166 e. The summed E-state index contributed by atoms with van der Waals surface area (Å²) in [5, 5.41) is 1.17. The van der Waals surface area contributed by atoms with Crippen molar-refractivity contribution in [2.75, 3.05) is 0 Å². The van der Waals surface area contributed by atoms with Gasteiger partial charge in [0, 0.05) is 11.3 Å². The molecule has 0 saturated heterocycles. The van der Waals surface area contributed by atoms with E-state index in [1.54, 1.807) is 11.8 Å². The number of nitrogens with one attached hydrogen (secondary N) is 1. The van der Waals surface area contributed by atoms with Gasteiger partial charge in [-0.2, -0.15) is 0 Å². The minimum atomic E-state index is -0.00517. The van der Waals surface area contributed by atoms with Crippen LogP contribution in [0.2, 0.25) is 0 Å². The Labute approximate surface area is 122 Å². The maximum Gasteiger partial charge on any atom is 0.166 e. The van der Waals surface area contributed by atoms with Gasteiger partial charge in [-0.15, -0.1) is 0 Å². The lowest BCUT2D eigenvalue weighted by Gasteiger charge is -2.18. The number of nitrogens with two attached hydrogens (primary N) is 1. The number of nitrogens with zero attached hydrogens (tertiary/aromatic N) is 1. The molecular weight excluding hydrogens is 266 g/mol. The second-order valence-corrected chi connectivity index (χ2v) is 6.18. The van der Waals surface area contributed by atoms with E-state index in [1.807, 2.05) is 42.5 Å². The van der Waals surface area contributed by atoms with Crippen molar-refractivity contribution in [3.8, 4) is 0 Å². The first-order valence-corrected chi connectivity index (χ1v) is 7.54. The van der Waals surface area contributed by atoms with Crippen LogP contribution in [0.1, 0.15) is 18.5 Å². The van der Waals surface area contributed by atoms with Gasteiger partial charge >= 0.3 is 0 Å². The zero-order chi connectivity index (χ0) is 13.9. The molecule has 2 atom stereocenters. The minimum Gasteiger partial charge on any atom is -0.333 e. The molecular formula is C16H17N3S. The first-order chi connectivity index (χ1) is 9.74. The Kier molecular flexibility index (Phi) is 3.76. The standard InChI is InChI=1S/C16H17N3S/c1-11(15(17)12-7-3-2-4-8-12)20-16-18-13-9-5-6-10-14(13)19-16/h2-11,15H,17H2,1H3,(H,18,19). The summed E-state index contributed by atoms with van der Waals surface area (Å²) in [5.41, 5.74) is 9.54. The second-order valence-electron chi connectivity index (χ2n) is 4.82. The van der Waals surface area contributed by atoms with Crippen molar-refractivity contribution in [3.05, 3.63) is 60.2 Å². The van der Waals surface area contributed by atoms with Crippen molar-refractivity contribution in [2.45, 2.75) is 23.4 Å². The van der Waals surface area contributed by atoms with Gasteiger partial charge in [0.1, 0.15) is 0 Å². The average molecular weight is 283 g/mol. The molecule has 0 spiro atoms. The molecule has 0 aliphatic carbocycles. The number of para-hydroxylation sites is 2. The highest BCUT2D eigenvalue weighted by Crippen LogP contribution is 2.30. The van der Waals surface area contributed by atoms with E-state index in [0.29, 0.717) is 0 Å². The fourth-order valence-electron chi connectivity index (χ4n) is 2.18. The summed E-state index contributed by atoms with van der Waals surface area (Å²) in [7, 11) is 0. The van der Waals surface area contributed by atoms with Gasteiger partial charge in [-0.25, -0.2) is 4.98 Å². The van der Waals surface area contributed by atoms with E-state index in [-0.39, 0.29) is 11.3 Å². The first kappa shape index (κ1) is 13.2. The molecule has 0 amide bonds. The van der Waals surface area contributed by atoms with Crippen LogP contribution in [0.4, 0.5) is 0 Å². The third-order valence-corrected chi connectivity index (χ3v) is 4.44. The van der Waals surface area contributed by atoms with Gasteiger partial charge in [-0.05, 0) is 17.7 Å². The maximum absolute atomic E-state index is 6.32. The van der Waals surface area contributed by atoms with Gasteiger partial charge < -0.3 is 10.7 Å². The molecule has 102 valence electrons. The molecule has 0 saturated carbocycles. The topological polar surface area (TPSA) is 54.7 Å². The van der Waals surface area contributed by atoms with Crippen molar-refractivity contribution in [1.29, 1.82) is 0 Å². The summed E-state index contributed by atoms with van der Waals surface area (Å²) in [6.45, 7) is 2.13. The van der Waals surface area contributed by atoms with Crippen molar-refractivity contribution in [1.82, 2.24) is 9.97 Å². The summed E-state index contributed by atoms with van der Waals surface area (Å²) in [6, 6.07) is 18.2. The number of aromatic nitrogens is 2. The van der Waals surface area contributed by atoms with Crippen LogP contribution in [0.5, 0.6) is 0 Å². The van der Waals surface area contributed by atoms with Crippen LogP contribution >= 0.6 is 11.8 Å². The molecule has 3 rings (SSSR count). The number of hydrogen-bond acceptors (Lipinski definition) is 3. The lowest BCUT2D eigenvalue weighted by molar-refractivity contribution is 0.713. The molecule has 0 fully saturated rings. The minimum absolute atomic E-state index is 0.00517. The Bertz CT molecular complexity index is 660. The third-order valence-electron chi connectivity index (χ3n) is 3.36. The van der Waals surface area contributed by atoms with E-state index in [0.717, 1.165) is 21.8 Å². The summed E-state index contributed by atoms with van der Waals surface area (Å²) < 4.78 is 0. The Morgan fingerprint density at radius 2 is 1.75 bits per heavy atom. The van der Waals surface area contributed by atoms with Crippen molar-refractivity contribution >= 4 is 22.8 Å². The predicted octanol–water partition coefficient (Wildman–Crippen LogP) is 3.74. The Morgan fingerprint density at radius 3 is 2.50 bits per heavy atom. The molecule has 2 unspecified atom stereocenters. The van der Waals surface area contributed by atoms with E-state index in [1.165, 1.54) is 0 Å². The molecule has 0 aliphatic rings. The number of thioether (sulfide) groups is 1. The number of aromatic amines is 1. The number of fused-ring (bicyclic) bond motifs is 1. The van der Waals surface area contributed by atoms with Crippen LogP contribution in [0.25, 0.3) is 11.0 Å². The SMILES string of the molecule is CC(Sc1nc2ccccc2[nH]1)C(N)c1ccccc1. The van der Waals surface area contributed by atoms with Crippen molar-refractivity contribution in [2.24, 2.45) is 5.73 Å². The molecule has 0 radical (unpaired) electrons. The number of hydrogen-bond donors (Lipinski definition) is 2. The lowest BCUT2D eigenvalue weighted by Crippen LogP contribution is -2.21. The lowest BCUT2D eigenvalue weighted by atomic mass is 10.1. The normalized spacial score (nSPS) is 14.3. The van der Waals surface area contributed by atoms with Gasteiger partial charge in [0.05, 0.1) is 11.0 Å². The van der Waals surface area contributed by atoms with Crippen LogP contribution in [0.3, 0.4) is 0 Å². The summed E-state index contributed by atoms with van der Waals surface area (Å²) in [4.78, 5) is 7.91. The zero-order valence-corrected chi connectivity index (χ0v) is 12.1. The van der Waals surface area contributed by atoms with Crippen LogP contribution < -0.4 is 5.73 Å². The highest BCUT2D eigenvalue weighted by atomic mass is 32.2. The number of imidazole rings is 1. The Hall–Kier alpha value is -1.78. The van der Waals surface area contributed by atoms with Gasteiger partial charge in [0.25, 0.3) is 0 Å². The maximum atomic E-state index is 6.32. The fourth-order valence-corrected chi connectivity index (χ4v) is 3.16. The molecule has 4 heteroatoms. The van der Waals surface area contributed by atoms with Crippen molar-refractivity contribution < 1.29 is 0 Å². The van der Waals surface area contributed by atoms with Crippen LogP contribution in [0, 0.1) is 0 Å². The van der Waals surface area contributed by atoms with E-state index < -0.39 is 0 Å². The van der Waals surface area contributed by atoms with Crippen LogP contribution in [-0.4, -0.2) is 15.2 Å². The van der Waals surface area contributed by atoms with E-state index >= 15 is 0 Å². The van der Waals surface area contributed by atoms with Crippen LogP contribution in [-0.2, 0) is 0 Å². The monoisotopic (exact) mass is 283 g/mol. The molecule has 0 bridgehead atoms. The van der Waals surface area contributed by atoms with E-state index in [9.17, 15) is 0 Å². The molecule has 3 nitrogen and oxygen atoms in total. The highest BCUT2D eigenvalue weighted by Gasteiger charge is 2.17. The molecule has 0 aliphatic heterocycles. The number of rotatable bonds is 4.